The Balaban J connectivity index is 1.27. The minimum Gasteiger partial charge on any atom is -0.508 e. The second-order valence-corrected chi connectivity index (χ2v) is 9.63. The van der Waals surface area contributed by atoms with E-state index in [9.17, 15) is 9.90 Å². The van der Waals surface area contributed by atoms with Crippen molar-refractivity contribution in [2.45, 2.75) is 37.4 Å². The van der Waals surface area contributed by atoms with E-state index in [0.29, 0.717) is 6.61 Å². The molecule has 6 nitrogen and oxygen atoms in total. The molecule has 0 aromatic heterocycles. The van der Waals surface area contributed by atoms with Crippen LogP contribution in [-0.2, 0) is 25.6 Å². The second-order valence-electron chi connectivity index (χ2n) is 9.63. The van der Waals surface area contributed by atoms with Gasteiger partial charge in [0.05, 0.1) is 6.04 Å². The quantitative estimate of drug-likeness (QED) is 0.460. The lowest BCUT2D eigenvalue weighted by Crippen LogP contribution is -2.52. The summed E-state index contributed by atoms with van der Waals surface area (Å²) in [6, 6.07) is 26.4. The van der Waals surface area contributed by atoms with Crippen molar-refractivity contribution in [3.05, 3.63) is 126 Å². The maximum absolute atomic E-state index is 13.2. The van der Waals surface area contributed by atoms with Gasteiger partial charge in [-0.15, -0.1) is 0 Å². The number of carbonyl (C=O) groups is 1. The number of esters is 1. The van der Waals surface area contributed by atoms with Crippen molar-refractivity contribution < 1.29 is 24.1 Å². The molecule has 188 valence electrons. The molecule has 3 aliphatic rings. The molecular weight excluding hydrogens is 466 g/mol. The van der Waals surface area contributed by atoms with Gasteiger partial charge in [-0.3, -0.25) is 9.69 Å². The first kappa shape index (κ1) is 23.5. The molecule has 0 radical (unpaired) electrons. The van der Waals surface area contributed by atoms with E-state index in [0.717, 1.165) is 28.9 Å². The van der Waals surface area contributed by atoms with Crippen LogP contribution in [0.3, 0.4) is 0 Å². The first-order chi connectivity index (χ1) is 18.2. The molecular formula is C31H29NO5. The van der Waals surface area contributed by atoms with Gasteiger partial charge >= 0.3 is 5.97 Å². The predicted octanol–water partition coefficient (Wildman–Crippen LogP) is 5.44. The van der Waals surface area contributed by atoms with E-state index in [-0.39, 0.29) is 36.5 Å². The highest BCUT2D eigenvalue weighted by atomic mass is 16.6. The normalized spacial score (nSPS) is 27.3. The molecule has 0 amide bonds. The van der Waals surface area contributed by atoms with Gasteiger partial charge in [-0.2, -0.15) is 0 Å². The van der Waals surface area contributed by atoms with Gasteiger partial charge in [-0.05, 0) is 47.4 Å². The summed E-state index contributed by atoms with van der Waals surface area (Å²) >= 11 is 0. The summed E-state index contributed by atoms with van der Waals surface area (Å²) in [5, 5.41) is 9.80. The summed E-state index contributed by atoms with van der Waals surface area (Å²) in [5.41, 5.74) is 3.04. The number of rotatable bonds is 6. The van der Waals surface area contributed by atoms with Crippen LogP contribution in [0.25, 0.3) is 0 Å². The van der Waals surface area contributed by atoms with Gasteiger partial charge in [0.2, 0.25) is 0 Å². The van der Waals surface area contributed by atoms with E-state index in [4.69, 9.17) is 14.2 Å². The minimum absolute atomic E-state index is 0.0332. The number of aromatic hydroxyl groups is 1. The average molecular weight is 496 g/mol. The summed E-state index contributed by atoms with van der Waals surface area (Å²) in [6.45, 7) is 0.792. The molecule has 0 saturated carbocycles. The number of hydrogen-bond donors (Lipinski definition) is 1. The second kappa shape index (κ2) is 10.2. The Kier molecular flexibility index (Phi) is 6.51. The fraction of sp³-hybridized carbons (Fsp3) is 0.258. The molecule has 0 bridgehead atoms. The SMILES string of the molecule is O=C1OC[C@H](c2ccccc2)N2C([C@@H]3C=CC(OCc4ccccc4)=CC3)O[C@H](c3ccc(O)cc3)C12. The maximum atomic E-state index is 13.2. The molecule has 2 aliphatic heterocycles. The third kappa shape index (κ3) is 4.78. The third-order valence-corrected chi connectivity index (χ3v) is 7.29. The van der Waals surface area contributed by atoms with Crippen LogP contribution in [-0.4, -0.2) is 34.9 Å². The van der Waals surface area contributed by atoms with E-state index in [1.165, 1.54) is 0 Å². The molecule has 2 heterocycles. The summed E-state index contributed by atoms with van der Waals surface area (Å²) < 4.78 is 18.4. The lowest BCUT2D eigenvalue weighted by molar-refractivity contribution is -0.163. The number of nitrogens with zero attached hydrogens (tertiary/aromatic N) is 1. The summed E-state index contributed by atoms with van der Waals surface area (Å²) in [6.07, 6.45) is 6.13. The molecule has 6 heteroatoms. The van der Waals surface area contributed by atoms with E-state index < -0.39 is 12.1 Å². The number of phenolic OH excluding ortho intramolecular Hbond substituents is 1. The van der Waals surface area contributed by atoms with Crippen LogP contribution in [0, 0.1) is 5.92 Å². The van der Waals surface area contributed by atoms with Crippen LogP contribution in [0.5, 0.6) is 5.75 Å². The van der Waals surface area contributed by atoms with Crippen LogP contribution < -0.4 is 0 Å². The standard InChI is InChI=1S/C31H29NO5/c33-25-15-11-23(12-16-25)29-28-31(34)36-20-27(22-9-5-2-6-10-22)32(28)30(37-29)24-13-17-26(18-14-24)35-19-21-7-3-1-4-8-21/h1-13,15-18,24,27-30,33H,14,19-20H2/t24-,27-,28?,29-,30?/m1/s1. The lowest BCUT2D eigenvalue weighted by atomic mass is 9.93. The van der Waals surface area contributed by atoms with Crippen molar-refractivity contribution in [3.63, 3.8) is 0 Å². The molecule has 0 spiro atoms. The number of carbonyl (C=O) groups excluding carboxylic acids is 1. The van der Waals surface area contributed by atoms with Gasteiger partial charge < -0.3 is 19.3 Å². The van der Waals surface area contributed by atoms with Gasteiger partial charge in [-0.25, -0.2) is 0 Å². The number of ether oxygens (including phenoxy) is 3. The molecule has 2 saturated heterocycles. The number of fused-ring (bicyclic) bond motifs is 1. The Morgan fingerprint density at radius 2 is 1.65 bits per heavy atom. The van der Waals surface area contributed by atoms with Crippen molar-refractivity contribution in [2.75, 3.05) is 6.61 Å². The number of allylic oxidation sites excluding steroid dienone is 2. The highest BCUT2D eigenvalue weighted by Gasteiger charge is 2.55. The van der Waals surface area contributed by atoms with E-state index >= 15 is 0 Å². The van der Waals surface area contributed by atoms with Gasteiger partial charge in [0, 0.05) is 5.92 Å². The van der Waals surface area contributed by atoms with Crippen molar-refractivity contribution in [1.29, 1.82) is 0 Å². The fourth-order valence-corrected chi connectivity index (χ4v) is 5.43. The highest BCUT2D eigenvalue weighted by Crippen LogP contribution is 2.47. The maximum Gasteiger partial charge on any atom is 0.326 e. The van der Waals surface area contributed by atoms with E-state index in [1.807, 2.05) is 66.7 Å². The van der Waals surface area contributed by atoms with Crippen molar-refractivity contribution in [2.24, 2.45) is 5.92 Å². The Labute approximate surface area is 216 Å². The van der Waals surface area contributed by atoms with Crippen LogP contribution in [0.15, 0.2) is 109 Å². The number of hydrogen-bond acceptors (Lipinski definition) is 6. The molecule has 1 N–H and O–H groups in total. The zero-order chi connectivity index (χ0) is 25.2. The van der Waals surface area contributed by atoms with Crippen LogP contribution in [0.2, 0.25) is 0 Å². The smallest absolute Gasteiger partial charge is 0.326 e. The first-order valence-corrected chi connectivity index (χ1v) is 12.7. The van der Waals surface area contributed by atoms with Crippen LogP contribution >= 0.6 is 0 Å². The van der Waals surface area contributed by atoms with Crippen molar-refractivity contribution in [1.82, 2.24) is 4.90 Å². The Morgan fingerprint density at radius 1 is 0.919 bits per heavy atom. The summed E-state index contributed by atoms with van der Waals surface area (Å²) in [7, 11) is 0. The summed E-state index contributed by atoms with van der Waals surface area (Å²) in [4.78, 5) is 15.4. The van der Waals surface area contributed by atoms with Gasteiger partial charge in [0.15, 0.2) is 0 Å². The number of phenols is 1. The fourth-order valence-electron chi connectivity index (χ4n) is 5.43. The third-order valence-electron chi connectivity index (χ3n) is 7.29. The molecule has 37 heavy (non-hydrogen) atoms. The average Bonchev–Trinajstić information content (AvgIpc) is 3.35. The lowest BCUT2D eigenvalue weighted by Gasteiger charge is -2.40. The highest BCUT2D eigenvalue weighted by molar-refractivity contribution is 5.78. The molecule has 1 aliphatic carbocycles. The number of benzene rings is 3. The zero-order valence-corrected chi connectivity index (χ0v) is 20.4. The van der Waals surface area contributed by atoms with Crippen LogP contribution in [0.1, 0.15) is 35.3 Å². The van der Waals surface area contributed by atoms with Crippen LogP contribution in [0.4, 0.5) is 0 Å². The molecule has 2 fully saturated rings. The van der Waals surface area contributed by atoms with E-state index in [1.54, 1.807) is 12.1 Å². The Hall–Kier alpha value is -3.87. The first-order valence-electron chi connectivity index (χ1n) is 12.7. The largest absolute Gasteiger partial charge is 0.508 e. The molecule has 3 aromatic rings. The number of morpholine rings is 1. The van der Waals surface area contributed by atoms with Gasteiger partial charge in [0.1, 0.15) is 43.1 Å². The van der Waals surface area contributed by atoms with Gasteiger partial charge in [0.25, 0.3) is 0 Å². The Morgan fingerprint density at radius 3 is 2.35 bits per heavy atom. The van der Waals surface area contributed by atoms with Crippen molar-refractivity contribution >= 4 is 5.97 Å². The predicted molar refractivity (Wildman–Crippen MR) is 138 cm³/mol. The number of cyclic esters (lactones) is 1. The molecule has 6 rings (SSSR count). The minimum atomic E-state index is -0.582. The van der Waals surface area contributed by atoms with Gasteiger partial charge in [-0.1, -0.05) is 78.9 Å². The molecule has 3 aromatic carbocycles. The zero-order valence-electron chi connectivity index (χ0n) is 20.4. The monoisotopic (exact) mass is 495 g/mol. The molecule has 2 unspecified atom stereocenters. The Bertz CT molecular complexity index is 1290. The summed E-state index contributed by atoms with van der Waals surface area (Å²) in [5.74, 6) is 0.759. The van der Waals surface area contributed by atoms with E-state index in [2.05, 4.69) is 29.2 Å². The molecule has 5 atom stereocenters. The van der Waals surface area contributed by atoms with Crippen molar-refractivity contribution in [3.8, 4) is 5.75 Å². The topological polar surface area (TPSA) is 68.2 Å².